The zero-order chi connectivity index (χ0) is 14.9. The predicted octanol–water partition coefficient (Wildman–Crippen LogP) is 5.93. The average Bonchev–Trinajstić information content (AvgIpc) is 2.43. The number of rotatable bonds is 13. The molecule has 0 aliphatic heterocycles. The Morgan fingerprint density at radius 2 is 1.35 bits per heavy atom. The fourth-order valence-corrected chi connectivity index (χ4v) is 2.02. The van der Waals surface area contributed by atoms with E-state index in [0.29, 0.717) is 0 Å². The van der Waals surface area contributed by atoms with Gasteiger partial charge in [-0.3, -0.25) is 4.79 Å². The number of hydrogen-bond acceptors (Lipinski definition) is 2. The average molecular weight is 280 g/mol. The van der Waals surface area contributed by atoms with E-state index >= 15 is 0 Å². The Balaban J connectivity index is 3.16. The van der Waals surface area contributed by atoms with Crippen LogP contribution in [0.5, 0.6) is 0 Å². The zero-order valence-corrected chi connectivity index (χ0v) is 13.4. The molecule has 0 aliphatic rings. The number of hydrogen-bond donors (Lipinski definition) is 0. The summed E-state index contributed by atoms with van der Waals surface area (Å²) in [6.45, 7) is 3.67. The van der Waals surface area contributed by atoms with E-state index in [-0.39, 0.29) is 5.97 Å². The molecule has 0 saturated carbocycles. The lowest BCUT2D eigenvalue weighted by Crippen LogP contribution is -1.89. The molecule has 0 atom stereocenters. The lowest BCUT2D eigenvalue weighted by molar-refractivity contribution is -0.135. The minimum absolute atomic E-state index is 0.254. The molecule has 0 bridgehead atoms. The Labute approximate surface area is 125 Å². The molecular weight excluding hydrogens is 248 g/mol. The van der Waals surface area contributed by atoms with Gasteiger partial charge in [-0.2, -0.15) is 0 Å². The fourth-order valence-electron chi connectivity index (χ4n) is 2.02. The summed E-state index contributed by atoms with van der Waals surface area (Å²) in [7, 11) is 0. The number of unbranched alkanes of at least 4 members (excludes halogenated alkanes) is 9. The minimum Gasteiger partial charge on any atom is -0.435 e. The molecule has 0 aromatic rings. The largest absolute Gasteiger partial charge is 0.435 e. The van der Waals surface area contributed by atoms with Crippen LogP contribution in [0, 0.1) is 0 Å². The van der Waals surface area contributed by atoms with Gasteiger partial charge in [0.25, 0.3) is 0 Å². The molecule has 0 fully saturated rings. The van der Waals surface area contributed by atoms with E-state index in [1.807, 2.05) is 6.08 Å². The number of carbonyl (C=O) groups excluding carboxylic acids is 1. The first kappa shape index (κ1) is 18.9. The van der Waals surface area contributed by atoms with Crippen molar-refractivity contribution in [1.82, 2.24) is 0 Å². The molecule has 2 nitrogen and oxygen atoms in total. The smallest absolute Gasteiger partial charge is 0.307 e. The van der Waals surface area contributed by atoms with Gasteiger partial charge < -0.3 is 4.74 Å². The summed E-state index contributed by atoms with van der Waals surface area (Å²) < 4.78 is 4.71. The van der Waals surface area contributed by atoms with Crippen LogP contribution in [0.3, 0.4) is 0 Å². The third kappa shape index (κ3) is 16.9. The highest BCUT2D eigenvalue weighted by molar-refractivity contribution is 5.66. The lowest BCUT2D eigenvalue weighted by atomic mass is 10.1. The van der Waals surface area contributed by atoms with E-state index in [4.69, 9.17) is 4.74 Å². The Hall–Kier alpha value is -1.05. The summed E-state index contributed by atoms with van der Waals surface area (Å²) >= 11 is 0. The van der Waals surface area contributed by atoms with Crippen LogP contribution in [0.15, 0.2) is 24.5 Å². The monoisotopic (exact) mass is 280 g/mol. The lowest BCUT2D eigenvalue weighted by Gasteiger charge is -1.98. The quantitative estimate of drug-likeness (QED) is 0.181. The highest BCUT2D eigenvalue weighted by Crippen LogP contribution is 2.09. The molecule has 116 valence electrons. The summed E-state index contributed by atoms with van der Waals surface area (Å²) in [5.74, 6) is -0.254. The van der Waals surface area contributed by atoms with Crippen molar-refractivity contribution in [3.63, 3.8) is 0 Å². The minimum atomic E-state index is -0.254. The maximum Gasteiger partial charge on any atom is 0.307 e. The van der Waals surface area contributed by atoms with E-state index in [9.17, 15) is 4.79 Å². The van der Waals surface area contributed by atoms with Gasteiger partial charge in [0, 0.05) is 6.92 Å². The van der Waals surface area contributed by atoms with Gasteiger partial charge in [-0.05, 0) is 38.2 Å². The van der Waals surface area contributed by atoms with E-state index in [0.717, 1.165) is 19.3 Å². The maximum absolute atomic E-state index is 10.5. The zero-order valence-electron chi connectivity index (χ0n) is 13.4. The Morgan fingerprint density at radius 1 is 0.800 bits per heavy atom. The number of allylic oxidation sites excluding steroid dienone is 3. The molecule has 0 radical (unpaired) electrons. The molecule has 0 aromatic carbocycles. The first-order valence-corrected chi connectivity index (χ1v) is 8.24. The van der Waals surface area contributed by atoms with Crippen LogP contribution in [0.4, 0.5) is 0 Å². The summed E-state index contributed by atoms with van der Waals surface area (Å²) in [6, 6.07) is 0. The molecule has 0 saturated heterocycles. The highest BCUT2D eigenvalue weighted by atomic mass is 16.5. The van der Waals surface area contributed by atoms with Gasteiger partial charge in [0.2, 0.25) is 0 Å². The van der Waals surface area contributed by atoms with Crippen LogP contribution in [0.2, 0.25) is 0 Å². The molecule has 0 heterocycles. The number of ether oxygens (including phenoxy) is 1. The molecule has 0 rings (SSSR count). The summed E-state index contributed by atoms with van der Waals surface area (Å²) in [5, 5.41) is 0. The Kier molecular flexibility index (Phi) is 15.2. The van der Waals surface area contributed by atoms with Crippen molar-refractivity contribution >= 4 is 5.97 Å². The molecule has 0 spiro atoms. The van der Waals surface area contributed by atoms with E-state index in [1.54, 1.807) is 0 Å². The molecule has 0 N–H and O–H groups in total. The van der Waals surface area contributed by atoms with Gasteiger partial charge in [-0.25, -0.2) is 0 Å². The highest BCUT2D eigenvalue weighted by Gasteiger charge is 1.89. The second-order valence-corrected chi connectivity index (χ2v) is 5.29. The van der Waals surface area contributed by atoms with Crippen molar-refractivity contribution in [3.05, 3.63) is 24.5 Å². The molecular formula is C18H32O2. The van der Waals surface area contributed by atoms with Crippen molar-refractivity contribution in [2.24, 2.45) is 0 Å². The third-order valence-electron chi connectivity index (χ3n) is 3.21. The van der Waals surface area contributed by atoms with E-state index < -0.39 is 0 Å². The van der Waals surface area contributed by atoms with Crippen LogP contribution in [-0.2, 0) is 9.53 Å². The second-order valence-electron chi connectivity index (χ2n) is 5.29. The number of esters is 1. The molecule has 0 aliphatic carbocycles. The summed E-state index contributed by atoms with van der Waals surface area (Å²) in [5.41, 5.74) is 0. The summed E-state index contributed by atoms with van der Waals surface area (Å²) in [6.07, 6.45) is 22.0. The van der Waals surface area contributed by atoms with Crippen LogP contribution in [-0.4, -0.2) is 5.97 Å². The predicted molar refractivity (Wildman–Crippen MR) is 86.5 cm³/mol. The van der Waals surface area contributed by atoms with Gasteiger partial charge in [-0.15, -0.1) is 0 Å². The fraction of sp³-hybridized carbons (Fsp3) is 0.722. The topological polar surface area (TPSA) is 26.3 Å². The van der Waals surface area contributed by atoms with Crippen molar-refractivity contribution in [1.29, 1.82) is 0 Å². The number of carbonyl (C=O) groups is 1. The first-order valence-electron chi connectivity index (χ1n) is 8.24. The van der Waals surface area contributed by atoms with E-state index in [1.165, 1.54) is 64.6 Å². The van der Waals surface area contributed by atoms with Crippen molar-refractivity contribution < 1.29 is 9.53 Å². The summed E-state index contributed by atoms with van der Waals surface area (Å²) in [4.78, 5) is 10.5. The SMILES string of the molecule is CCCCCCCCCC=CCCCC=COC(C)=O. The van der Waals surface area contributed by atoms with Gasteiger partial charge in [0.15, 0.2) is 0 Å². The third-order valence-corrected chi connectivity index (χ3v) is 3.21. The second kappa shape index (κ2) is 16.0. The van der Waals surface area contributed by atoms with Crippen molar-refractivity contribution in [2.45, 2.75) is 84.5 Å². The van der Waals surface area contributed by atoms with Gasteiger partial charge in [-0.1, -0.05) is 57.6 Å². The molecule has 0 aromatic heterocycles. The first-order chi connectivity index (χ1) is 9.77. The standard InChI is InChI=1S/C18H32O2/c1-3-4-5-6-7-8-9-10-11-12-13-14-15-16-17-20-18(2)19/h11-12,16-17H,3-10,13-15H2,1-2H3. The van der Waals surface area contributed by atoms with E-state index in [2.05, 4.69) is 19.1 Å². The van der Waals surface area contributed by atoms with Crippen molar-refractivity contribution in [2.75, 3.05) is 0 Å². The maximum atomic E-state index is 10.5. The van der Waals surface area contributed by atoms with Crippen LogP contribution in [0.25, 0.3) is 0 Å². The van der Waals surface area contributed by atoms with Gasteiger partial charge in [0.1, 0.15) is 0 Å². The normalized spacial score (nSPS) is 11.5. The van der Waals surface area contributed by atoms with Crippen LogP contribution < -0.4 is 0 Å². The van der Waals surface area contributed by atoms with Gasteiger partial charge >= 0.3 is 5.97 Å². The van der Waals surface area contributed by atoms with Crippen LogP contribution >= 0.6 is 0 Å². The molecule has 2 heteroatoms. The molecule has 0 amide bonds. The molecule has 20 heavy (non-hydrogen) atoms. The molecule has 0 unspecified atom stereocenters. The van der Waals surface area contributed by atoms with Crippen LogP contribution in [0.1, 0.15) is 84.5 Å². The Morgan fingerprint density at radius 3 is 2.00 bits per heavy atom. The van der Waals surface area contributed by atoms with Gasteiger partial charge in [0.05, 0.1) is 6.26 Å². The Bertz CT molecular complexity index is 267. The van der Waals surface area contributed by atoms with Crippen molar-refractivity contribution in [3.8, 4) is 0 Å².